The first kappa shape index (κ1) is 17.3. The summed E-state index contributed by atoms with van der Waals surface area (Å²) in [5, 5.41) is 1.84. The van der Waals surface area contributed by atoms with Gasteiger partial charge in [-0.25, -0.2) is 9.97 Å². The molecule has 0 saturated carbocycles. The van der Waals surface area contributed by atoms with Gasteiger partial charge < -0.3 is 9.80 Å². The van der Waals surface area contributed by atoms with E-state index in [1.165, 1.54) is 22.5 Å². The fourth-order valence-electron chi connectivity index (χ4n) is 4.56. The summed E-state index contributed by atoms with van der Waals surface area (Å²) in [5.41, 5.74) is 4.91. The summed E-state index contributed by atoms with van der Waals surface area (Å²) >= 11 is 1.46. The van der Waals surface area contributed by atoms with E-state index in [-0.39, 0.29) is 11.3 Å². The number of carbonyl (C=O) groups is 1. The maximum absolute atomic E-state index is 13.0. The van der Waals surface area contributed by atoms with Crippen molar-refractivity contribution in [1.29, 1.82) is 0 Å². The number of thiazole rings is 1. The smallest absolute Gasteiger partial charge is 0.273 e. The molecule has 0 aliphatic carbocycles. The van der Waals surface area contributed by atoms with Crippen LogP contribution in [0, 0.1) is 0 Å². The summed E-state index contributed by atoms with van der Waals surface area (Å²) in [6.45, 7) is 3.22. The Morgan fingerprint density at radius 2 is 1.96 bits per heavy atom. The Bertz CT molecular complexity index is 967. The van der Waals surface area contributed by atoms with Gasteiger partial charge in [0.1, 0.15) is 11.5 Å². The minimum Gasteiger partial charge on any atom is -0.355 e. The molecule has 5 rings (SSSR count). The molecule has 3 aromatic rings. The number of amides is 1. The molecule has 2 aliphatic rings. The number of fused-ring (bicyclic) bond motifs is 2. The van der Waals surface area contributed by atoms with Crippen LogP contribution in [0.1, 0.15) is 34.5 Å². The van der Waals surface area contributed by atoms with Crippen molar-refractivity contribution < 1.29 is 4.79 Å². The van der Waals surface area contributed by atoms with Crippen molar-refractivity contribution in [2.75, 3.05) is 24.5 Å². The molecule has 4 heterocycles. The van der Waals surface area contributed by atoms with Gasteiger partial charge in [-0.05, 0) is 24.0 Å². The van der Waals surface area contributed by atoms with Crippen LogP contribution in [0.15, 0.2) is 53.7 Å². The van der Waals surface area contributed by atoms with Gasteiger partial charge in [-0.2, -0.15) is 0 Å². The van der Waals surface area contributed by atoms with Crippen LogP contribution in [-0.2, 0) is 12.0 Å². The van der Waals surface area contributed by atoms with Crippen molar-refractivity contribution in [3.8, 4) is 0 Å². The molecule has 1 amide bonds. The van der Waals surface area contributed by atoms with E-state index < -0.39 is 0 Å². The number of benzene rings is 1. The molecule has 6 nitrogen and oxygen atoms in total. The monoisotopic (exact) mass is 391 g/mol. The van der Waals surface area contributed by atoms with Gasteiger partial charge in [-0.15, -0.1) is 11.3 Å². The normalized spacial score (nSPS) is 18.1. The Morgan fingerprint density at radius 3 is 2.71 bits per heavy atom. The summed E-state index contributed by atoms with van der Waals surface area (Å²) in [6, 6.07) is 8.59. The molecule has 1 saturated heterocycles. The highest BCUT2D eigenvalue weighted by Crippen LogP contribution is 2.42. The number of nitrogens with zero attached hydrogens (tertiary/aromatic N) is 5. The van der Waals surface area contributed by atoms with Crippen molar-refractivity contribution in [3.63, 3.8) is 0 Å². The lowest BCUT2D eigenvalue weighted by Crippen LogP contribution is -2.53. The molecular weight excluding hydrogens is 370 g/mol. The van der Waals surface area contributed by atoms with Crippen LogP contribution in [0.3, 0.4) is 0 Å². The third-order valence-corrected chi connectivity index (χ3v) is 6.56. The molecule has 142 valence electrons. The van der Waals surface area contributed by atoms with Gasteiger partial charge in [0.25, 0.3) is 5.91 Å². The fraction of sp³-hybridized carbons (Fsp3) is 0.333. The van der Waals surface area contributed by atoms with Crippen LogP contribution in [0.5, 0.6) is 0 Å². The second-order valence-corrected chi connectivity index (χ2v) is 8.24. The number of hydrogen-bond acceptors (Lipinski definition) is 6. The summed E-state index contributed by atoms with van der Waals surface area (Å²) < 4.78 is 0. The first-order chi connectivity index (χ1) is 13.8. The molecule has 28 heavy (non-hydrogen) atoms. The van der Waals surface area contributed by atoms with Gasteiger partial charge >= 0.3 is 0 Å². The van der Waals surface area contributed by atoms with Gasteiger partial charge in [0, 0.05) is 49.4 Å². The molecule has 1 spiro atoms. The van der Waals surface area contributed by atoms with E-state index in [1.54, 1.807) is 17.9 Å². The minimum absolute atomic E-state index is 0.0146. The Morgan fingerprint density at radius 1 is 1.11 bits per heavy atom. The van der Waals surface area contributed by atoms with Gasteiger partial charge in [-0.1, -0.05) is 24.3 Å². The lowest BCUT2D eigenvalue weighted by molar-refractivity contribution is 0.0642. The molecule has 0 atom stereocenters. The van der Waals surface area contributed by atoms with Gasteiger partial charge in [0.2, 0.25) is 0 Å². The average Bonchev–Trinajstić information content (AvgIpc) is 3.29. The molecule has 0 N–H and O–H groups in total. The average molecular weight is 392 g/mol. The Kier molecular flexibility index (Phi) is 4.31. The maximum atomic E-state index is 13.0. The van der Waals surface area contributed by atoms with Crippen molar-refractivity contribution >= 4 is 23.1 Å². The number of aromatic nitrogens is 3. The third kappa shape index (κ3) is 2.96. The molecule has 1 fully saturated rings. The first-order valence-electron chi connectivity index (χ1n) is 9.52. The Balaban J connectivity index is 1.44. The summed E-state index contributed by atoms with van der Waals surface area (Å²) in [7, 11) is 0. The molecule has 2 aromatic heterocycles. The summed E-state index contributed by atoms with van der Waals surface area (Å²) in [4.78, 5) is 30.2. The van der Waals surface area contributed by atoms with Crippen LogP contribution in [-0.4, -0.2) is 45.4 Å². The van der Waals surface area contributed by atoms with Crippen LogP contribution in [0.4, 0.5) is 5.82 Å². The zero-order chi connectivity index (χ0) is 19.0. The van der Waals surface area contributed by atoms with Crippen LogP contribution in [0.25, 0.3) is 0 Å². The fourth-order valence-corrected chi connectivity index (χ4v) is 5.08. The highest BCUT2D eigenvalue weighted by molar-refractivity contribution is 7.07. The summed E-state index contributed by atoms with van der Waals surface area (Å²) in [5.74, 6) is 0.961. The van der Waals surface area contributed by atoms with E-state index in [4.69, 9.17) is 0 Å². The van der Waals surface area contributed by atoms with Gasteiger partial charge in [0.15, 0.2) is 0 Å². The van der Waals surface area contributed by atoms with E-state index >= 15 is 0 Å². The van der Waals surface area contributed by atoms with Crippen molar-refractivity contribution in [2.45, 2.75) is 24.8 Å². The largest absolute Gasteiger partial charge is 0.355 e. The van der Waals surface area contributed by atoms with Crippen LogP contribution in [0.2, 0.25) is 0 Å². The first-order valence-corrected chi connectivity index (χ1v) is 10.5. The van der Waals surface area contributed by atoms with E-state index in [1.807, 2.05) is 16.5 Å². The number of piperidine rings is 1. The molecule has 7 heteroatoms. The maximum Gasteiger partial charge on any atom is 0.273 e. The standard InChI is InChI=1S/C21H21N5OS/c27-20(18-13-28-15-24-18)26-12-16-3-1-2-4-17(16)21(14-26)5-9-25(10-6-21)19-11-22-7-8-23-19/h1-4,7-8,11,13,15H,5-6,9-10,12,14H2. The number of carbonyl (C=O) groups excluding carboxylic acids is 1. The third-order valence-electron chi connectivity index (χ3n) is 5.98. The van der Waals surface area contributed by atoms with Crippen molar-refractivity contribution in [3.05, 3.63) is 70.6 Å². The zero-order valence-corrected chi connectivity index (χ0v) is 16.3. The zero-order valence-electron chi connectivity index (χ0n) is 15.5. The molecule has 2 aliphatic heterocycles. The molecular formula is C21H21N5OS. The Labute approximate surface area is 167 Å². The predicted molar refractivity (Wildman–Crippen MR) is 108 cm³/mol. The van der Waals surface area contributed by atoms with Gasteiger partial charge in [-0.3, -0.25) is 9.78 Å². The highest BCUT2D eigenvalue weighted by atomic mass is 32.1. The molecule has 0 radical (unpaired) electrons. The quantitative estimate of drug-likeness (QED) is 0.672. The second kappa shape index (κ2) is 6.98. The molecule has 1 aromatic carbocycles. The van der Waals surface area contributed by atoms with Crippen LogP contribution >= 0.6 is 11.3 Å². The Hall–Kier alpha value is -2.80. The van der Waals surface area contributed by atoms with Crippen LogP contribution < -0.4 is 4.90 Å². The number of anilines is 1. The second-order valence-electron chi connectivity index (χ2n) is 7.52. The van der Waals surface area contributed by atoms with E-state index in [0.717, 1.165) is 38.3 Å². The van der Waals surface area contributed by atoms with E-state index in [2.05, 4.69) is 44.1 Å². The van der Waals surface area contributed by atoms with E-state index in [9.17, 15) is 4.79 Å². The van der Waals surface area contributed by atoms with E-state index in [0.29, 0.717) is 12.2 Å². The van der Waals surface area contributed by atoms with Crippen molar-refractivity contribution in [2.24, 2.45) is 0 Å². The summed E-state index contributed by atoms with van der Waals surface area (Å²) in [6.07, 6.45) is 7.24. The topological polar surface area (TPSA) is 62.2 Å². The SMILES string of the molecule is O=C(c1cscn1)N1Cc2ccccc2C2(CCN(c3cnccn3)CC2)C1. The number of rotatable bonds is 2. The highest BCUT2D eigenvalue weighted by Gasteiger charge is 2.43. The van der Waals surface area contributed by atoms with Crippen molar-refractivity contribution in [1.82, 2.24) is 19.9 Å². The predicted octanol–water partition coefficient (Wildman–Crippen LogP) is 3.13. The lowest BCUT2D eigenvalue weighted by Gasteiger charge is -2.48. The number of hydrogen-bond donors (Lipinski definition) is 0. The minimum atomic E-state index is -0.0146. The van der Waals surface area contributed by atoms with Gasteiger partial charge in [0.05, 0.1) is 11.7 Å². The molecule has 0 unspecified atom stereocenters. The lowest BCUT2D eigenvalue weighted by atomic mass is 9.68. The molecule has 0 bridgehead atoms.